The average molecular weight is 343 g/mol. The van der Waals surface area contributed by atoms with Crippen molar-refractivity contribution in [1.29, 1.82) is 0 Å². The Morgan fingerprint density at radius 3 is 2.19 bits per heavy atom. The molecule has 0 aliphatic rings. The summed E-state index contributed by atoms with van der Waals surface area (Å²) in [6.07, 6.45) is 0. The molecule has 8 heteroatoms. The molecule has 2 rings (SSSR count). The molecule has 0 saturated heterocycles. The summed E-state index contributed by atoms with van der Waals surface area (Å²) < 4.78 is 55.9. The third kappa shape index (κ3) is 5.58. The fraction of sp³-hybridized carbons (Fsp3) is 0.0769. The minimum atomic E-state index is -5.02. The van der Waals surface area contributed by atoms with Crippen LogP contribution >= 0.6 is 11.6 Å². The van der Waals surface area contributed by atoms with E-state index in [-0.39, 0.29) is 69.3 Å². The first-order chi connectivity index (χ1) is 9.36. The van der Waals surface area contributed by atoms with Crippen molar-refractivity contribution in [2.75, 3.05) is 0 Å². The largest absolute Gasteiger partial charge is 1.00 e. The molecule has 0 amide bonds. The van der Waals surface area contributed by atoms with E-state index in [4.69, 9.17) is 16.3 Å². The van der Waals surface area contributed by atoms with E-state index >= 15 is 0 Å². The van der Waals surface area contributed by atoms with Crippen LogP contribution in [-0.4, -0.2) is 6.98 Å². The van der Waals surface area contributed by atoms with Gasteiger partial charge in [0.2, 0.25) is 0 Å². The third-order valence-electron chi connectivity index (χ3n) is 2.66. The topological polar surface area (TPSA) is 9.23 Å². The normalized spacial score (nSPS) is 10.9. The summed E-state index contributed by atoms with van der Waals surface area (Å²) in [5, 5.41) is 0.361. The second-order valence-electron chi connectivity index (χ2n) is 4.17. The first kappa shape index (κ1) is 19.0. The number of ether oxygens (including phenoxy) is 1. The van der Waals surface area contributed by atoms with Gasteiger partial charge in [0, 0.05) is 10.6 Å². The molecular formula is C13H9BClF4KO. The molecule has 0 heterocycles. The smallest absolute Gasteiger partial charge is 0.489 e. The zero-order chi connectivity index (χ0) is 14.8. The molecule has 0 N–H and O–H groups in total. The summed E-state index contributed by atoms with van der Waals surface area (Å²) >= 11 is 5.72. The van der Waals surface area contributed by atoms with E-state index in [0.29, 0.717) is 5.02 Å². The molecule has 0 atom stereocenters. The van der Waals surface area contributed by atoms with Crippen LogP contribution in [0.15, 0.2) is 42.5 Å². The first-order valence-electron chi connectivity index (χ1n) is 5.73. The molecule has 0 aliphatic carbocycles. The SMILES string of the molecule is Fc1ccc(Cl)cc1COc1ccc([B-](F)(F)F)cc1.[K+]. The third-order valence-corrected chi connectivity index (χ3v) is 2.90. The Balaban J connectivity index is 0.00000220. The summed E-state index contributed by atoms with van der Waals surface area (Å²) in [5.74, 6) is -0.252. The molecule has 0 aliphatic heterocycles. The number of hydrogen-bond acceptors (Lipinski definition) is 1. The predicted octanol–water partition coefficient (Wildman–Crippen LogP) is 1.12. The van der Waals surface area contributed by atoms with Gasteiger partial charge in [-0.15, -0.1) is 5.46 Å². The molecular weight excluding hydrogens is 333 g/mol. The maximum absolute atomic E-state index is 13.4. The first-order valence-corrected chi connectivity index (χ1v) is 6.11. The standard InChI is InChI=1S/C13H9BClF4O.K/c15-11-3-6-13(16)9(7-11)8-20-12-4-1-10(2-5-12)14(17,18)19;/h1-7H,8H2;/q-1;+1. The van der Waals surface area contributed by atoms with Gasteiger partial charge < -0.3 is 17.7 Å². The number of rotatable bonds is 4. The van der Waals surface area contributed by atoms with Crippen molar-refractivity contribution in [1.82, 2.24) is 0 Å². The minimum Gasteiger partial charge on any atom is -0.489 e. The van der Waals surface area contributed by atoms with Gasteiger partial charge in [0.15, 0.2) is 0 Å². The molecule has 21 heavy (non-hydrogen) atoms. The van der Waals surface area contributed by atoms with Crippen LogP contribution in [0.4, 0.5) is 17.3 Å². The van der Waals surface area contributed by atoms with Crippen molar-refractivity contribution < 1.29 is 73.5 Å². The molecule has 0 unspecified atom stereocenters. The number of halogens is 5. The van der Waals surface area contributed by atoms with Gasteiger partial charge >= 0.3 is 58.4 Å². The number of benzene rings is 2. The Kier molecular flexibility index (Phi) is 7.23. The van der Waals surface area contributed by atoms with Gasteiger partial charge in [-0.05, 0) is 30.3 Å². The Bertz CT molecular complexity index is 604. The predicted molar refractivity (Wildman–Crippen MR) is 70.9 cm³/mol. The summed E-state index contributed by atoms with van der Waals surface area (Å²) in [4.78, 5) is 0. The fourth-order valence-electron chi connectivity index (χ4n) is 1.60. The molecule has 0 fully saturated rings. The van der Waals surface area contributed by atoms with Crippen LogP contribution in [0, 0.1) is 5.82 Å². The van der Waals surface area contributed by atoms with Crippen LogP contribution in [0.25, 0.3) is 0 Å². The van der Waals surface area contributed by atoms with Crippen LogP contribution in [0.5, 0.6) is 5.75 Å². The van der Waals surface area contributed by atoms with Gasteiger partial charge in [-0.3, -0.25) is 0 Å². The van der Waals surface area contributed by atoms with Crippen molar-refractivity contribution in [3.63, 3.8) is 0 Å². The van der Waals surface area contributed by atoms with Crippen molar-refractivity contribution in [3.8, 4) is 5.75 Å². The molecule has 1 nitrogen and oxygen atoms in total. The molecule has 0 bridgehead atoms. The quantitative estimate of drug-likeness (QED) is 0.598. The van der Waals surface area contributed by atoms with Gasteiger partial charge in [0.1, 0.15) is 18.2 Å². The second kappa shape index (κ2) is 7.99. The van der Waals surface area contributed by atoms with Gasteiger partial charge in [-0.25, -0.2) is 4.39 Å². The van der Waals surface area contributed by atoms with E-state index in [1.165, 1.54) is 30.3 Å². The molecule has 0 aromatic heterocycles. The monoisotopic (exact) mass is 342 g/mol. The second-order valence-corrected chi connectivity index (χ2v) is 4.60. The van der Waals surface area contributed by atoms with Crippen LogP contribution in [0.3, 0.4) is 0 Å². The number of hydrogen-bond donors (Lipinski definition) is 0. The van der Waals surface area contributed by atoms with Crippen molar-refractivity contribution in [2.45, 2.75) is 6.61 Å². The zero-order valence-electron chi connectivity index (χ0n) is 11.1. The van der Waals surface area contributed by atoms with E-state index in [9.17, 15) is 17.3 Å². The van der Waals surface area contributed by atoms with Gasteiger partial charge in [-0.2, -0.15) is 0 Å². The van der Waals surface area contributed by atoms with E-state index in [1.807, 2.05) is 0 Å². The maximum Gasteiger partial charge on any atom is 1.00 e. The fourth-order valence-corrected chi connectivity index (χ4v) is 1.79. The zero-order valence-corrected chi connectivity index (χ0v) is 15.0. The Morgan fingerprint density at radius 2 is 1.62 bits per heavy atom. The summed E-state index contributed by atoms with van der Waals surface area (Å²) in [6.45, 7) is -5.13. The molecule has 2 aromatic rings. The van der Waals surface area contributed by atoms with Gasteiger partial charge in [0.05, 0.1) is 0 Å². The maximum atomic E-state index is 13.4. The van der Waals surface area contributed by atoms with Crippen LogP contribution in [0.2, 0.25) is 5.02 Å². The van der Waals surface area contributed by atoms with Crippen molar-refractivity contribution in [2.24, 2.45) is 0 Å². The Hall–Kier alpha value is -0.0487. The average Bonchev–Trinajstić information content (AvgIpc) is 2.39. The van der Waals surface area contributed by atoms with Crippen LogP contribution in [0.1, 0.15) is 5.56 Å². The summed E-state index contributed by atoms with van der Waals surface area (Å²) in [6, 6.07) is 8.29. The molecule has 0 radical (unpaired) electrons. The van der Waals surface area contributed by atoms with Crippen LogP contribution in [-0.2, 0) is 6.61 Å². The molecule has 2 aromatic carbocycles. The Labute approximate surface area is 167 Å². The Morgan fingerprint density at radius 1 is 1.00 bits per heavy atom. The van der Waals surface area contributed by atoms with Crippen molar-refractivity contribution in [3.05, 3.63) is 58.9 Å². The summed E-state index contributed by atoms with van der Waals surface area (Å²) in [5.41, 5.74) is -0.465. The van der Waals surface area contributed by atoms with Crippen molar-refractivity contribution >= 4 is 24.0 Å². The van der Waals surface area contributed by atoms with E-state index in [2.05, 4.69) is 0 Å². The minimum absolute atomic E-state index is 0. The molecule has 0 spiro atoms. The van der Waals surface area contributed by atoms with E-state index in [1.54, 1.807) is 0 Å². The molecule has 106 valence electrons. The van der Waals surface area contributed by atoms with Gasteiger partial charge in [0.25, 0.3) is 0 Å². The van der Waals surface area contributed by atoms with Crippen LogP contribution < -0.4 is 61.6 Å². The molecule has 0 saturated carbocycles. The van der Waals surface area contributed by atoms with Gasteiger partial charge in [-0.1, -0.05) is 23.7 Å². The summed E-state index contributed by atoms with van der Waals surface area (Å²) in [7, 11) is 0. The van der Waals surface area contributed by atoms with E-state index < -0.39 is 18.3 Å². The van der Waals surface area contributed by atoms with E-state index in [0.717, 1.165) is 12.1 Å².